The van der Waals surface area contributed by atoms with Crippen molar-refractivity contribution in [2.75, 3.05) is 14.2 Å². The van der Waals surface area contributed by atoms with Gasteiger partial charge in [-0.2, -0.15) is 0 Å². The van der Waals surface area contributed by atoms with Gasteiger partial charge in [-0.15, -0.1) is 0 Å². The van der Waals surface area contributed by atoms with Crippen LogP contribution < -0.4 is 14.8 Å². The van der Waals surface area contributed by atoms with Crippen molar-refractivity contribution >= 4 is 5.91 Å². The van der Waals surface area contributed by atoms with Gasteiger partial charge in [-0.05, 0) is 43.9 Å². The number of carbonyl (C=O) groups is 1. The van der Waals surface area contributed by atoms with E-state index in [0.717, 1.165) is 17.7 Å². The van der Waals surface area contributed by atoms with Crippen molar-refractivity contribution in [2.24, 2.45) is 0 Å². The minimum atomic E-state index is 0.0314. The molecule has 0 saturated carbocycles. The molecular formula is C23H29NO3. The summed E-state index contributed by atoms with van der Waals surface area (Å²) in [7, 11) is 3.23. The Morgan fingerprint density at radius 2 is 1.81 bits per heavy atom. The highest BCUT2D eigenvalue weighted by Gasteiger charge is 2.15. The van der Waals surface area contributed by atoms with Crippen molar-refractivity contribution in [3.63, 3.8) is 0 Å². The number of methoxy groups -OCH3 is 2. The topological polar surface area (TPSA) is 47.6 Å². The molecule has 2 aromatic carbocycles. The fourth-order valence-corrected chi connectivity index (χ4v) is 2.93. The molecule has 4 nitrogen and oxygen atoms in total. The van der Waals surface area contributed by atoms with Crippen LogP contribution in [-0.4, -0.2) is 20.1 Å². The number of benzene rings is 2. The van der Waals surface area contributed by atoms with Crippen LogP contribution in [0.2, 0.25) is 0 Å². The van der Waals surface area contributed by atoms with E-state index < -0.39 is 0 Å². The van der Waals surface area contributed by atoms with Gasteiger partial charge in [-0.25, -0.2) is 0 Å². The van der Waals surface area contributed by atoms with Crippen LogP contribution in [0, 0.1) is 0 Å². The smallest absolute Gasteiger partial charge is 0.220 e. The first-order valence-corrected chi connectivity index (χ1v) is 9.19. The van der Waals surface area contributed by atoms with Crippen LogP contribution in [0.15, 0.2) is 60.2 Å². The Labute approximate surface area is 162 Å². The highest BCUT2D eigenvalue weighted by Crippen LogP contribution is 2.26. The predicted molar refractivity (Wildman–Crippen MR) is 109 cm³/mol. The molecule has 0 bridgehead atoms. The fourth-order valence-electron chi connectivity index (χ4n) is 2.93. The van der Waals surface area contributed by atoms with E-state index in [4.69, 9.17) is 9.47 Å². The quantitative estimate of drug-likeness (QED) is 0.645. The molecule has 2 rings (SSSR count). The molecule has 1 amide bonds. The van der Waals surface area contributed by atoms with Crippen LogP contribution >= 0.6 is 0 Å². The standard InChI is InChI=1S/C23H29NO3/c1-17(2)10-11-19(18-8-6-5-7-9-18)14-23(25)24-16-20-12-13-21(26-3)15-22(20)27-4/h5-10,12-13,15,19H,11,14,16H2,1-4H3,(H,24,25)/t19-/m0/s1. The van der Waals surface area contributed by atoms with E-state index in [0.29, 0.717) is 18.7 Å². The van der Waals surface area contributed by atoms with E-state index in [-0.39, 0.29) is 11.8 Å². The predicted octanol–water partition coefficient (Wildman–Crippen LogP) is 4.85. The van der Waals surface area contributed by atoms with Crippen LogP contribution in [0.25, 0.3) is 0 Å². The number of nitrogens with one attached hydrogen (secondary N) is 1. The average molecular weight is 367 g/mol. The molecule has 0 fully saturated rings. The molecule has 0 aromatic heterocycles. The lowest BCUT2D eigenvalue weighted by molar-refractivity contribution is -0.121. The van der Waals surface area contributed by atoms with Crippen LogP contribution in [0.3, 0.4) is 0 Å². The van der Waals surface area contributed by atoms with Gasteiger partial charge in [0.05, 0.1) is 14.2 Å². The number of hydrogen-bond donors (Lipinski definition) is 1. The molecule has 27 heavy (non-hydrogen) atoms. The van der Waals surface area contributed by atoms with Crippen molar-refractivity contribution in [3.8, 4) is 11.5 Å². The second-order valence-corrected chi connectivity index (χ2v) is 6.78. The molecule has 2 aromatic rings. The number of hydrogen-bond acceptors (Lipinski definition) is 3. The van der Waals surface area contributed by atoms with Gasteiger partial charge in [-0.3, -0.25) is 4.79 Å². The molecule has 1 atom stereocenters. The zero-order valence-corrected chi connectivity index (χ0v) is 16.6. The van der Waals surface area contributed by atoms with Crippen molar-refractivity contribution < 1.29 is 14.3 Å². The Morgan fingerprint density at radius 3 is 2.44 bits per heavy atom. The molecule has 1 N–H and O–H groups in total. The summed E-state index contributed by atoms with van der Waals surface area (Å²) >= 11 is 0. The Balaban J connectivity index is 2.02. The molecule has 0 aliphatic heterocycles. The fraction of sp³-hybridized carbons (Fsp3) is 0.348. The van der Waals surface area contributed by atoms with Crippen molar-refractivity contribution in [1.29, 1.82) is 0 Å². The SMILES string of the molecule is COc1ccc(CNC(=O)C[C@H](CC=C(C)C)c2ccccc2)c(OC)c1. The maximum atomic E-state index is 12.6. The molecule has 0 saturated heterocycles. The Bertz CT molecular complexity index is 764. The number of amides is 1. The van der Waals surface area contributed by atoms with Gasteiger partial charge in [0.25, 0.3) is 0 Å². The number of rotatable bonds is 9. The zero-order valence-electron chi connectivity index (χ0n) is 16.6. The minimum Gasteiger partial charge on any atom is -0.497 e. The molecular weight excluding hydrogens is 338 g/mol. The Hall–Kier alpha value is -2.75. The van der Waals surface area contributed by atoms with E-state index in [2.05, 4.69) is 37.4 Å². The number of ether oxygens (including phenoxy) is 2. The molecule has 4 heteroatoms. The monoisotopic (exact) mass is 367 g/mol. The van der Waals surface area contributed by atoms with Gasteiger partial charge in [0, 0.05) is 24.6 Å². The molecule has 0 aliphatic rings. The first-order valence-electron chi connectivity index (χ1n) is 9.19. The second kappa shape index (κ2) is 10.4. The van der Waals surface area contributed by atoms with E-state index in [9.17, 15) is 4.79 Å². The van der Waals surface area contributed by atoms with Crippen molar-refractivity contribution in [1.82, 2.24) is 5.32 Å². The summed E-state index contributed by atoms with van der Waals surface area (Å²) in [6.07, 6.45) is 3.50. The Kier molecular flexibility index (Phi) is 7.93. The normalized spacial score (nSPS) is 11.4. The maximum Gasteiger partial charge on any atom is 0.220 e. The van der Waals surface area contributed by atoms with Gasteiger partial charge in [0.1, 0.15) is 11.5 Å². The summed E-state index contributed by atoms with van der Waals surface area (Å²) in [5.41, 5.74) is 3.37. The highest BCUT2D eigenvalue weighted by molar-refractivity contribution is 5.77. The third-order valence-electron chi connectivity index (χ3n) is 4.48. The second-order valence-electron chi connectivity index (χ2n) is 6.78. The third-order valence-corrected chi connectivity index (χ3v) is 4.48. The molecule has 0 spiro atoms. The summed E-state index contributed by atoms with van der Waals surface area (Å²) in [6, 6.07) is 15.8. The Morgan fingerprint density at radius 1 is 1.07 bits per heavy atom. The number of carbonyl (C=O) groups excluding carboxylic acids is 1. The van der Waals surface area contributed by atoms with Gasteiger partial charge in [0.15, 0.2) is 0 Å². The third kappa shape index (κ3) is 6.48. The summed E-state index contributed by atoms with van der Waals surface area (Å²) in [5, 5.41) is 3.02. The molecule has 0 aliphatic carbocycles. The molecule has 0 heterocycles. The lowest BCUT2D eigenvalue weighted by atomic mass is 9.91. The van der Waals surface area contributed by atoms with Gasteiger partial charge in [0.2, 0.25) is 5.91 Å². The molecule has 0 unspecified atom stereocenters. The summed E-state index contributed by atoms with van der Waals surface area (Å²) in [5.74, 6) is 1.63. The van der Waals surface area contributed by atoms with Crippen LogP contribution in [-0.2, 0) is 11.3 Å². The van der Waals surface area contributed by atoms with Crippen LogP contribution in [0.1, 0.15) is 43.7 Å². The van der Waals surface area contributed by atoms with Crippen LogP contribution in [0.5, 0.6) is 11.5 Å². The molecule has 144 valence electrons. The summed E-state index contributed by atoms with van der Waals surface area (Å²) < 4.78 is 10.6. The van der Waals surface area contributed by atoms with Crippen molar-refractivity contribution in [3.05, 3.63) is 71.3 Å². The van der Waals surface area contributed by atoms with E-state index in [1.54, 1.807) is 14.2 Å². The number of allylic oxidation sites excluding steroid dienone is 2. The van der Waals surface area contributed by atoms with Crippen LogP contribution in [0.4, 0.5) is 0 Å². The van der Waals surface area contributed by atoms with Gasteiger partial charge < -0.3 is 14.8 Å². The minimum absolute atomic E-state index is 0.0314. The first-order chi connectivity index (χ1) is 13.0. The lowest BCUT2D eigenvalue weighted by Crippen LogP contribution is -2.24. The largest absolute Gasteiger partial charge is 0.497 e. The highest BCUT2D eigenvalue weighted by atomic mass is 16.5. The maximum absolute atomic E-state index is 12.6. The average Bonchev–Trinajstić information content (AvgIpc) is 2.69. The first kappa shape index (κ1) is 20.6. The molecule has 0 radical (unpaired) electrons. The van der Waals surface area contributed by atoms with Crippen molar-refractivity contribution in [2.45, 2.75) is 39.2 Å². The van der Waals surface area contributed by atoms with E-state index in [1.807, 2.05) is 36.4 Å². The van der Waals surface area contributed by atoms with Gasteiger partial charge in [-0.1, -0.05) is 42.0 Å². The van der Waals surface area contributed by atoms with E-state index in [1.165, 1.54) is 11.1 Å². The van der Waals surface area contributed by atoms with E-state index >= 15 is 0 Å². The lowest BCUT2D eigenvalue weighted by Gasteiger charge is -2.17. The summed E-state index contributed by atoms with van der Waals surface area (Å²) in [4.78, 5) is 12.6. The van der Waals surface area contributed by atoms with Gasteiger partial charge >= 0.3 is 0 Å². The zero-order chi connectivity index (χ0) is 19.6. The summed E-state index contributed by atoms with van der Waals surface area (Å²) in [6.45, 7) is 4.59.